The zero-order valence-corrected chi connectivity index (χ0v) is 20.3. The molecule has 5 aromatic rings. The zero-order chi connectivity index (χ0) is 23.7. The Morgan fingerprint density at radius 3 is 2.41 bits per heavy atom. The monoisotopic (exact) mass is 469 g/mol. The molecule has 0 aliphatic rings. The topological polar surface area (TPSA) is 62.5 Å². The Labute approximate surface area is 203 Å². The van der Waals surface area contributed by atoms with Crippen LogP contribution in [0.15, 0.2) is 78.0 Å². The Balaban J connectivity index is 1.38. The molecule has 0 unspecified atom stereocenters. The van der Waals surface area contributed by atoms with Crippen molar-refractivity contribution in [3.8, 4) is 0 Å². The van der Waals surface area contributed by atoms with Crippen LogP contribution in [0.25, 0.3) is 27.6 Å². The van der Waals surface area contributed by atoms with E-state index in [4.69, 9.17) is 9.97 Å². The fourth-order valence-corrected chi connectivity index (χ4v) is 5.13. The maximum Gasteiger partial charge on any atom is 0.234 e. The lowest BCUT2D eigenvalue weighted by molar-refractivity contribution is -0.113. The summed E-state index contributed by atoms with van der Waals surface area (Å²) in [7, 11) is 0. The van der Waals surface area contributed by atoms with Crippen LogP contribution in [-0.4, -0.2) is 38.6 Å². The molecule has 6 nitrogen and oxygen atoms in total. The van der Waals surface area contributed by atoms with Crippen LogP contribution in [0.5, 0.6) is 0 Å². The van der Waals surface area contributed by atoms with Gasteiger partial charge in [-0.2, -0.15) is 0 Å². The predicted octanol–water partition coefficient (Wildman–Crippen LogP) is 6.00. The van der Waals surface area contributed by atoms with Gasteiger partial charge >= 0.3 is 0 Å². The molecule has 0 fully saturated rings. The maximum atomic E-state index is 12.8. The summed E-state index contributed by atoms with van der Waals surface area (Å²) in [5.74, 6) is 0.184. The van der Waals surface area contributed by atoms with Gasteiger partial charge in [0, 0.05) is 29.3 Å². The third kappa shape index (κ3) is 4.19. The second kappa shape index (κ2) is 9.35. The van der Waals surface area contributed by atoms with Crippen LogP contribution >= 0.6 is 11.8 Å². The number of benzene rings is 3. The zero-order valence-electron chi connectivity index (χ0n) is 19.5. The van der Waals surface area contributed by atoms with Gasteiger partial charge in [0.2, 0.25) is 5.91 Å². The summed E-state index contributed by atoms with van der Waals surface area (Å²) in [4.78, 5) is 24.8. The lowest BCUT2D eigenvalue weighted by Crippen LogP contribution is -2.30. The van der Waals surface area contributed by atoms with Crippen molar-refractivity contribution in [1.82, 2.24) is 14.4 Å². The van der Waals surface area contributed by atoms with Crippen molar-refractivity contribution in [2.45, 2.75) is 32.0 Å². The molecule has 34 heavy (non-hydrogen) atoms. The summed E-state index contributed by atoms with van der Waals surface area (Å²) >= 11 is 1.42. The van der Waals surface area contributed by atoms with E-state index in [1.165, 1.54) is 11.8 Å². The minimum atomic E-state index is -0.0681. The van der Waals surface area contributed by atoms with E-state index in [0.29, 0.717) is 6.04 Å². The van der Waals surface area contributed by atoms with E-state index in [2.05, 4.69) is 47.5 Å². The molecule has 3 aromatic carbocycles. The number of nitrogens with one attached hydrogen (secondary N) is 1. The maximum absolute atomic E-state index is 12.8. The molecule has 5 rings (SSSR count). The van der Waals surface area contributed by atoms with E-state index in [0.717, 1.165) is 50.7 Å². The molecule has 0 aliphatic carbocycles. The molecule has 0 saturated carbocycles. The van der Waals surface area contributed by atoms with Gasteiger partial charge in [0.25, 0.3) is 0 Å². The number of rotatable bonds is 7. The second-order valence-electron chi connectivity index (χ2n) is 8.43. The Kier molecular flexibility index (Phi) is 6.11. The van der Waals surface area contributed by atoms with Crippen LogP contribution in [0.3, 0.4) is 0 Å². The molecule has 2 aromatic heterocycles. The van der Waals surface area contributed by atoms with E-state index >= 15 is 0 Å². The molecule has 1 N–H and O–H groups in total. The SMILES string of the molecule is CCN(c1ccc(NC(=O)CSc2nc3ccccc3c3nc4ccccc4n23)cc1)C(C)C. The van der Waals surface area contributed by atoms with E-state index < -0.39 is 0 Å². The average molecular weight is 470 g/mol. The lowest BCUT2D eigenvalue weighted by Gasteiger charge is -2.27. The van der Waals surface area contributed by atoms with Crippen molar-refractivity contribution in [2.24, 2.45) is 0 Å². The smallest absolute Gasteiger partial charge is 0.234 e. The predicted molar refractivity (Wildman–Crippen MR) is 142 cm³/mol. The number of thioether (sulfide) groups is 1. The highest BCUT2D eigenvalue weighted by Gasteiger charge is 2.15. The first-order chi connectivity index (χ1) is 16.5. The summed E-state index contributed by atoms with van der Waals surface area (Å²) in [6, 6.07) is 24.4. The number of imidazole rings is 1. The van der Waals surface area contributed by atoms with Crippen LogP contribution in [0, 0.1) is 0 Å². The summed E-state index contributed by atoms with van der Waals surface area (Å²) in [6.45, 7) is 7.44. The first-order valence-corrected chi connectivity index (χ1v) is 12.5. The van der Waals surface area contributed by atoms with Crippen molar-refractivity contribution in [3.05, 3.63) is 72.8 Å². The molecule has 172 valence electrons. The average Bonchev–Trinajstić information content (AvgIpc) is 3.24. The number of nitrogens with zero attached hydrogens (tertiary/aromatic N) is 4. The number of amides is 1. The minimum absolute atomic E-state index is 0.0681. The lowest BCUT2D eigenvalue weighted by atomic mass is 10.2. The van der Waals surface area contributed by atoms with Gasteiger partial charge in [-0.25, -0.2) is 9.97 Å². The molecular formula is C27H27N5OS. The second-order valence-corrected chi connectivity index (χ2v) is 9.38. The van der Waals surface area contributed by atoms with E-state index in [9.17, 15) is 4.79 Å². The highest BCUT2D eigenvalue weighted by atomic mass is 32.2. The van der Waals surface area contributed by atoms with Crippen LogP contribution in [0.4, 0.5) is 11.4 Å². The van der Waals surface area contributed by atoms with Gasteiger partial charge in [-0.15, -0.1) is 0 Å². The Morgan fingerprint density at radius 1 is 0.971 bits per heavy atom. The van der Waals surface area contributed by atoms with Gasteiger partial charge in [0.1, 0.15) is 5.65 Å². The third-order valence-corrected chi connectivity index (χ3v) is 6.83. The highest BCUT2D eigenvalue weighted by molar-refractivity contribution is 7.99. The largest absolute Gasteiger partial charge is 0.369 e. The van der Waals surface area contributed by atoms with Crippen LogP contribution in [0.1, 0.15) is 20.8 Å². The molecular weight excluding hydrogens is 442 g/mol. The molecule has 0 atom stereocenters. The van der Waals surface area contributed by atoms with Crippen molar-refractivity contribution in [1.29, 1.82) is 0 Å². The highest BCUT2D eigenvalue weighted by Crippen LogP contribution is 2.29. The fraction of sp³-hybridized carbons (Fsp3) is 0.222. The van der Waals surface area contributed by atoms with Crippen molar-refractivity contribution < 1.29 is 4.79 Å². The number of para-hydroxylation sites is 3. The van der Waals surface area contributed by atoms with Crippen molar-refractivity contribution in [3.63, 3.8) is 0 Å². The molecule has 0 bridgehead atoms. The summed E-state index contributed by atoms with van der Waals surface area (Å²) in [5.41, 5.74) is 5.57. The van der Waals surface area contributed by atoms with Gasteiger partial charge < -0.3 is 10.2 Å². The molecule has 0 saturated heterocycles. The molecule has 2 heterocycles. The molecule has 0 spiro atoms. The summed E-state index contributed by atoms with van der Waals surface area (Å²) in [6.07, 6.45) is 0. The molecule has 7 heteroatoms. The standard InChI is InChI=1S/C27H27N5OS/c1-4-31(18(2)3)20-15-13-19(14-16-20)28-25(33)17-34-27-30-22-10-6-5-9-21(22)26-29-23-11-7-8-12-24(23)32(26)27/h5-16,18H,4,17H2,1-3H3,(H,28,33). The Hall–Kier alpha value is -3.58. The summed E-state index contributed by atoms with van der Waals surface area (Å²) in [5, 5.41) is 4.76. The quantitative estimate of drug-likeness (QED) is 0.234. The molecule has 0 aliphatic heterocycles. The minimum Gasteiger partial charge on any atom is -0.369 e. The van der Waals surface area contributed by atoms with E-state index in [1.807, 2.05) is 60.7 Å². The fourth-order valence-electron chi connectivity index (χ4n) is 4.32. The normalized spacial score (nSPS) is 11.5. The number of hydrogen-bond acceptors (Lipinski definition) is 5. The number of hydrogen-bond donors (Lipinski definition) is 1. The first-order valence-electron chi connectivity index (χ1n) is 11.5. The van der Waals surface area contributed by atoms with Crippen LogP contribution in [-0.2, 0) is 4.79 Å². The first kappa shape index (κ1) is 22.2. The van der Waals surface area contributed by atoms with Crippen LogP contribution < -0.4 is 10.2 Å². The molecule has 0 radical (unpaired) electrons. The van der Waals surface area contributed by atoms with Crippen LogP contribution in [0.2, 0.25) is 0 Å². The molecule has 1 amide bonds. The van der Waals surface area contributed by atoms with E-state index in [-0.39, 0.29) is 11.7 Å². The van der Waals surface area contributed by atoms with Crippen molar-refractivity contribution >= 4 is 56.6 Å². The Morgan fingerprint density at radius 2 is 1.68 bits per heavy atom. The summed E-state index contributed by atoms with van der Waals surface area (Å²) < 4.78 is 2.05. The van der Waals surface area contributed by atoms with Crippen molar-refractivity contribution in [2.75, 3.05) is 22.5 Å². The van der Waals surface area contributed by atoms with E-state index in [1.54, 1.807) is 0 Å². The van der Waals surface area contributed by atoms with Gasteiger partial charge in [-0.05, 0) is 69.3 Å². The number of carbonyl (C=O) groups is 1. The van der Waals surface area contributed by atoms with Gasteiger partial charge in [0.05, 0.1) is 22.3 Å². The Bertz CT molecular complexity index is 1480. The number of anilines is 2. The van der Waals surface area contributed by atoms with Gasteiger partial charge in [0.15, 0.2) is 5.16 Å². The van der Waals surface area contributed by atoms with Gasteiger partial charge in [-0.3, -0.25) is 9.20 Å². The number of aromatic nitrogens is 3. The van der Waals surface area contributed by atoms with Gasteiger partial charge in [-0.1, -0.05) is 36.0 Å². The number of fused-ring (bicyclic) bond motifs is 5. The third-order valence-electron chi connectivity index (χ3n) is 5.89. The number of carbonyl (C=O) groups excluding carboxylic acids is 1.